The zero-order chi connectivity index (χ0) is 11.4. The second-order valence-corrected chi connectivity index (χ2v) is 5.10. The first-order chi connectivity index (χ1) is 7.77. The number of rotatable bonds is 4. The second-order valence-electron chi connectivity index (χ2n) is 5.10. The van der Waals surface area contributed by atoms with Gasteiger partial charge in [-0.3, -0.25) is 4.79 Å². The molecule has 0 aromatic carbocycles. The van der Waals surface area contributed by atoms with Crippen molar-refractivity contribution in [1.29, 1.82) is 0 Å². The van der Waals surface area contributed by atoms with E-state index in [2.05, 4.69) is 5.32 Å². The number of carbonyl (C=O) groups excluding carboxylic acids is 1. The van der Waals surface area contributed by atoms with E-state index in [1.165, 1.54) is 0 Å². The minimum Gasteiger partial charge on any atom is -0.381 e. The molecule has 1 saturated heterocycles. The minimum atomic E-state index is -0.231. The molecule has 1 aliphatic carbocycles. The highest BCUT2D eigenvalue weighted by Crippen LogP contribution is 2.40. The highest BCUT2D eigenvalue weighted by atomic mass is 16.5. The molecule has 16 heavy (non-hydrogen) atoms. The van der Waals surface area contributed by atoms with Crippen LogP contribution in [-0.2, 0) is 9.53 Å². The molecule has 4 heteroatoms. The van der Waals surface area contributed by atoms with E-state index in [9.17, 15) is 4.79 Å². The molecule has 1 heterocycles. The summed E-state index contributed by atoms with van der Waals surface area (Å²) in [5, 5.41) is 3.07. The molecule has 0 bridgehead atoms. The second kappa shape index (κ2) is 5.15. The van der Waals surface area contributed by atoms with Crippen LogP contribution >= 0.6 is 0 Å². The maximum Gasteiger partial charge on any atom is 0.227 e. The van der Waals surface area contributed by atoms with Gasteiger partial charge in [0.1, 0.15) is 0 Å². The fraction of sp³-hybridized carbons (Fsp3) is 0.917. The number of hydrogen-bond acceptors (Lipinski definition) is 3. The van der Waals surface area contributed by atoms with Crippen molar-refractivity contribution in [1.82, 2.24) is 5.32 Å². The van der Waals surface area contributed by atoms with Crippen molar-refractivity contribution < 1.29 is 9.53 Å². The average Bonchev–Trinajstić information content (AvgIpc) is 2.27. The van der Waals surface area contributed by atoms with Crippen LogP contribution < -0.4 is 11.1 Å². The van der Waals surface area contributed by atoms with Gasteiger partial charge < -0.3 is 15.8 Å². The van der Waals surface area contributed by atoms with Crippen LogP contribution in [0, 0.1) is 11.3 Å². The standard InChI is InChI=1S/C12H22N2O2/c13-9-12(4-1-5-12)11(15)14-8-10-2-6-16-7-3-10/h10H,1-9,13H2,(H,14,15). The molecule has 4 nitrogen and oxygen atoms in total. The summed E-state index contributed by atoms with van der Waals surface area (Å²) in [6.45, 7) is 2.96. The summed E-state index contributed by atoms with van der Waals surface area (Å²) < 4.78 is 5.29. The zero-order valence-electron chi connectivity index (χ0n) is 9.84. The zero-order valence-corrected chi connectivity index (χ0v) is 9.84. The number of nitrogens with one attached hydrogen (secondary N) is 1. The van der Waals surface area contributed by atoms with Crippen molar-refractivity contribution in [3.8, 4) is 0 Å². The monoisotopic (exact) mass is 226 g/mol. The quantitative estimate of drug-likeness (QED) is 0.740. The molecule has 0 spiro atoms. The van der Waals surface area contributed by atoms with Crippen molar-refractivity contribution in [2.24, 2.45) is 17.1 Å². The third kappa shape index (κ3) is 2.38. The van der Waals surface area contributed by atoms with Crippen molar-refractivity contribution in [3.05, 3.63) is 0 Å². The number of amides is 1. The van der Waals surface area contributed by atoms with E-state index in [0.29, 0.717) is 12.5 Å². The van der Waals surface area contributed by atoms with E-state index in [1.807, 2.05) is 0 Å². The Bertz CT molecular complexity index is 240. The van der Waals surface area contributed by atoms with Crippen LogP contribution in [0.25, 0.3) is 0 Å². The Labute approximate surface area is 96.9 Å². The number of hydrogen-bond donors (Lipinski definition) is 2. The van der Waals surface area contributed by atoms with E-state index < -0.39 is 0 Å². The lowest BCUT2D eigenvalue weighted by atomic mass is 9.68. The molecule has 0 unspecified atom stereocenters. The summed E-state index contributed by atoms with van der Waals surface area (Å²) in [4.78, 5) is 12.0. The molecular weight excluding hydrogens is 204 g/mol. The Balaban J connectivity index is 1.74. The van der Waals surface area contributed by atoms with E-state index in [1.54, 1.807) is 0 Å². The largest absolute Gasteiger partial charge is 0.381 e. The Kier molecular flexibility index (Phi) is 3.82. The average molecular weight is 226 g/mol. The van der Waals surface area contributed by atoms with E-state index in [0.717, 1.165) is 51.9 Å². The predicted octanol–water partition coefficient (Wildman–Crippen LogP) is 0.658. The molecule has 0 atom stereocenters. The molecule has 2 rings (SSSR count). The van der Waals surface area contributed by atoms with Crippen molar-refractivity contribution in [3.63, 3.8) is 0 Å². The molecule has 3 N–H and O–H groups in total. The van der Waals surface area contributed by atoms with E-state index in [-0.39, 0.29) is 11.3 Å². The van der Waals surface area contributed by atoms with Crippen molar-refractivity contribution >= 4 is 5.91 Å². The fourth-order valence-corrected chi connectivity index (χ4v) is 2.50. The molecule has 1 aliphatic heterocycles. The number of nitrogens with two attached hydrogens (primary N) is 1. The Morgan fingerprint density at radius 1 is 1.38 bits per heavy atom. The summed E-state index contributed by atoms with van der Waals surface area (Å²) in [6, 6.07) is 0. The van der Waals surface area contributed by atoms with E-state index >= 15 is 0 Å². The normalized spacial score (nSPS) is 24.8. The smallest absolute Gasteiger partial charge is 0.227 e. The number of carbonyl (C=O) groups is 1. The topological polar surface area (TPSA) is 64.4 Å². The predicted molar refractivity (Wildman–Crippen MR) is 61.9 cm³/mol. The van der Waals surface area contributed by atoms with Gasteiger partial charge in [-0.1, -0.05) is 6.42 Å². The Morgan fingerprint density at radius 2 is 2.06 bits per heavy atom. The fourth-order valence-electron chi connectivity index (χ4n) is 2.50. The van der Waals surface area contributed by atoms with Crippen molar-refractivity contribution in [2.45, 2.75) is 32.1 Å². The van der Waals surface area contributed by atoms with Crippen LogP contribution in [0.5, 0.6) is 0 Å². The first kappa shape index (κ1) is 11.9. The summed E-state index contributed by atoms with van der Waals surface area (Å²) in [5.41, 5.74) is 5.47. The van der Waals surface area contributed by atoms with Crippen LogP contribution in [0.1, 0.15) is 32.1 Å². The molecular formula is C12H22N2O2. The highest BCUT2D eigenvalue weighted by Gasteiger charge is 2.42. The SMILES string of the molecule is NCC1(C(=O)NCC2CCOCC2)CCC1. The van der Waals surface area contributed by atoms with Gasteiger partial charge in [-0.15, -0.1) is 0 Å². The first-order valence-corrected chi connectivity index (χ1v) is 6.33. The van der Waals surface area contributed by atoms with Gasteiger partial charge in [0.25, 0.3) is 0 Å². The van der Waals surface area contributed by atoms with Crippen LogP contribution in [0.3, 0.4) is 0 Å². The van der Waals surface area contributed by atoms with Gasteiger partial charge in [0.15, 0.2) is 0 Å². The highest BCUT2D eigenvalue weighted by molar-refractivity contribution is 5.83. The Hall–Kier alpha value is -0.610. The molecule has 92 valence electrons. The lowest BCUT2D eigenvalue weighted by molar-refractivity contribution is -0.135. The molecule has 0 aromatic rings. The van der Waals surface area contributed by atoms with Crippen molar-refractivity contribution in [2.75, 3.05) is 26.3 Å². The van der Waals surface area contributed by atoms with Crippen LogP contribution in [0.2, 0.25) is 0 Å². The number of ether oxygens (including phenoxy) is 1. The van der Waals surface area contributed by atoms with Gasteiger partial charge in [-0.05, 0) is 31.6 Å². The van der Waals surface area contributed by atoms with Gasteiger partial charge in [-0.2, -0.15) is 0 Å². The molecule has 2 aliphatic rings. The van der Waals surface area contributed by atoms with Gasteiger partial charge in [0.05, 0.1) is 5.41 Å². The summed E-state index contributed by atoms with van der Waals surface area (Å²) >= 11 is 0. The maximum atomic E-state index is 12.0. The first-order valence-electron chi connectivity index (χ1n) is 6.33. The van der Waals surface area contributed by atoms with Crippen LogP contribution in [-0.4, -0.2) is 32.2 Å². The van der Waals surface area contributed by atoms with Gasteiger partial charge >= 0.3 is 0 Å². The van der Waals surface area contributed by atoms with Gasteiger partial charge in [0.2, 0.25) is 5.91 Å². The van der Waals surface area contributed by atoms with Crippen LogP contribution in [0.4, 0.5) is 0 Å². The van der Waals surface area contributed by atoms with Crippen LogP contribution in [0.15, 0.2) is 0 Å². The lowest BCUT2D eigenvalue weighted by Gasteiger charge is -2.39. The molecule has 0 radical (unpaired) electrons. The lowest BCUT2D eigenvalue weighted by Crippen LogP contribution is -2.51. The molecule has 0 aromatic heterocycles. The Morgan fingerprint density at radius 3 is 2.56 bits per heavy atom. The molecule has 1 amide bonds. The van der Waals surface area contributed by atoms with Gasteiger partial charge in [0, 0.05) is 26.3 Å². The molecule has 2 fully saturated rings. The third-order valence-corrected chi connectivity index (χ3v) is 4.08. The van der Waals surface area contributed by atoms with Gasteiger partial charge in [-0.25, -0.2) is 0 Å². The minimum absolute atomic E-state index is 0.174. The summed E-state index contributed by atoms with van der Waals surface area (Å²) in [7, 11) is 0. The summed E-state index contributed by atoms with van der Waals surface area (Å²) in [6.07, 6.45) is 5.19. The third-order valence-electron chi connectivity index (χ3n) is 4.08. The van der Waals surface area contributed by atoms with E-state index in [4.69, 9.17) is 10.5 Å². The summed E-state index contributed by atoms with van der Waals surface area (Å²) in [5.74, 6) is 0.764. The maximum absolute atomic E-state index is 12.0. The molecule has 1 saturated carbocycles.